The van der Waals surface area contributed by atoms with Crippen molar-refractivity contribution in [2.45, 2.75) is 43.6 Å². The summed E-state index contributed by atoms with van der Waals surface area (Å²) in [6, 6.07) is 7.99. The van der Waals surface area contributed by atoms with Gasteiger partial charge in [0.15, 0.2) is 0 Å². The van der Waals surface area contributed by atoms with Crippen LogP contribution >= 0.6 is 0 Å². The summed E-state index contributed by atoms with van der Waals surface area (Å²) < 4.78 is 41.9. The number of H-pyrrole nitrogens is 1. The molecule has 2 aliphatic rings. The largest absolute Gasteiger partial charge is 0.394 e. The van der Waals surface area contributed by atoms with Crippen molar-refractivity contribution in [2.24, 2.45) is 5.92 Å². The molecule has 0 saturated heterocycles. The minimum atomic E-state index is -0.687. The first-order valence-electron chi connectivity index (χ1n) is 10.6. The Morgan fingerprint density at radius 2 is 1.81 bits per heavy atom. The standard InChI is InChI=1S/C24H23F3N2O2/c25-16-4-2-13(3-5-16)21-20(18-10-17(26)11-19(27)22(18)28-21)14-8-15(9-14)23(31)29-24(12-30)6-1-7-24/h2-5,10-11,14-15,28,30H,1,6-9,12H2,(H,29,31)/t14-,15-. The molecule has 0 radical (unpaired) electrons. The van der Waals surface area contributed by atoms with Crippen LogP contribution in [0.5, 0.6) is 0 Å². The van der Waals surface area contributed by atoms with Crippen LogP contribution in [-0.2, 0) is 4.79 Å². The summed E-state index contributed by atoms with van der Waals surface area (Å²) in [5.74, 6) is -2.08. The predicted octanol–water partition coefficient (Wildman–Crippen LogP) is 4.78. The molecule has 4 nitrogen and oxygen atoms in total. The first kappa shape index (κ1) is 20.1. The summed E-state index contributed by atoms with van der Waals surface area (Å²) in [5, 5.41) is 13.0. The molecule has 31 heavy (non-hydrogen) atoms. The lowest BCUT2D eigenvalue weighted by molar-refractivity contribution is -0.132. The first-order valence-corrected chi connectivity index (χ1v) is 10.6. The van der Waals surface area contributed by atoms with E-state index < -0.39 is 17.2 Å². The van der Waals surface area contributed by atoms with Gasteiger partial charge in [-0.2, -0.15) is 0 Å². The molecule has 7 heteroatoms. The molecule has 2 aromatic carbocycles. The van der Waals surface area contributed by atoms with Gasteiger partial charge in [-0.1, -0.05) is 0 Å². The van der Waals surface area contributed by atoms with E-state index in [4.69, 9.17) is 0 Å². The molecule has 1 amide bonds. The number of carbonyl (C=O) groups is 1. The van der Waals surface area contributed by atoms with Gasteiger partial charge in [0.2, 0.25) is 5.91 Å². The van der Waals surface area contributed by atoms with Gasteiger partial charge >= 0.3 is 0 Å². The summed E-state index contributed by atoms with van der Waals surface area (Å²) in [7, 11) is 0. The molecule has 2 fully saturated rings. The molecule has 0 unspecified atom stereocenters. The number of aliphatic hydroxyl groups excluding tert-OH is 1. The highest BCUT2D eigenvalue weighted by molar-refractivity contribution is 5.92. The Morgan fingerprint density at radius 3 is 2.42 bits per heavy atom. The zero-order chi connectivity index (χ0) is 21.8. The highest BCUT2D eigenvalue weighted by Gasteiger charge is 2.43. The molecule has 2 aliphatic carbocycles. The van der Waals surface area contributed by atoms with Crippen molar-refractivity contribution < 1.29 is 23.1 Å². The van der Waals surface area contributed by atoms with Crippen molar-refractivity contribution in [3.05, 3.63) is 59.4 Å². The average molecular weight is 428 g/mol. The zero-order valence-electron chi connectivity index (χ0n) is 16.9. The summed E-state index contributed by atoms with van der Waals surface area (Å²) in [5.41, 5.74) is 1.76. The van der Waals surface area contributed by atoms with Crippen molar-refractivity contribution in [3.63, 3.8) is 0 Å². The van der Waals surface area contributed by atoms with Gasteiger partial charge in [-0.15, -0.1) is 0 Å². The molecular weight excluding hydrogens is 405 g/mol. The lowest BCUT2D eigenvalue weighted by atomic mass is 9.69. The molecule has 0 bridgehead atoms. The van der Waals surface area contributed by atoms with Gasteiger partial charge < -0.3 is 15.4 Å². The Morgan fingerprint density at radius 1 is 1.10 bits per heavy atom. The van der Waals surface area contributed by atoms with E-state index in [0.29, 0.717) is 29.5 Å². The van der Waals surface area contributed by atoms with Gasteiger partial charge in [0, 0.05) is 17.4 Å². The number of aromatic nitrogens is 1. The number of rotatable bonds is 5. The monoisotopic (exact) mass is 428 g/mol. The predicted molar refractivity (Wildman–Crippen MR) is 111 cm³/mol. The number of aliphatic hydroxyl groups is 1. The van der Waals surface area contributed by atoms with Crippen molar-refractivity contribution in [2.75, 3.05) is 6.61 Å². The summed E-state index contributed by atoms with van der Waals surface area (Å²) in [4.78, 5) is 15.7. The van der Waals surface area contributed by atoms with Gasteiger partial charge in [-0.3, -0.25) is 4.79 Å². The molecule has 162 valence electrons. The molecule has 5 rings (SSSR count). The minimum absolute atomic E-state index is 0.0581. The average Bonchev–Trinajstić information content (AvgIpc) is 3.04. The Labute approximate surface area is 177 Å². The Kier molecular flexibility index (Phi) is 4.81. The van der Waals surface area contributed by atoms with Gasteiger partial charge in [0.25, 0.3) is 0 Å². The molecule has 2 saturated carbocycles. The highest BCUT2D eigenvalue weighted by atomic mass is 19.1. The number of hydrogen-bond donors (Lipinski definition) is 3. The smallest absolute Gasteiger partial charge is 0.223 e. The maximum absolute atomic E-state index is 14.5. The van der Waals surface area contributed by atoms with E-state index in [1.165, 1.54) is 18.2 Å². The maximum atomic E-state index is 14.5. The van der Waals surface area contributed by atoms with Crippen LogP contribution in [0.25, 0.3) is 22.2 Å². The van der Waals surface area contributed by atoms with Gasteiger partial charge in [0.05, 0.1) is 23.4 Å². The third-order valence-electron chi connectivity index (χ3n) is 6.92. The fraction of sp³-hybridized carbons (Fsp3) is 0.375. The molecule has 3 aromatic rings. The fourth-order valence-electron chi connectivity index (χ4n) is 4.87. The summed E-state index contributed by atoms with van der Waals surface area (Å²) >= 11 is 0. The SMILES string of the molecule is O=C(NC1(CO)CCC1)[C@H]1C[C@H](c2c(-c3ccc(F)cc3)[nH]c3c(F)cc(F)cc32)C1. The van der Waals surface area contributed by atoms with Crippen LogP contribution in [0.2, 0.25) is 0 Å². The third kappa shape index (κ3) is 3.41. The Balaban J connectivity index is 1.46. The number of fused-ring (bicyclic) bond motifs is 1. The Bertz CT molecular complexity index is 1140. The number of amides is 1. The van der Waals surface area contributed by atoms with E-state index in [2.05, 4.69) is 10.3 Å². The molecule has 0 spiro atoms. The van der Waals surface area contributed by atoms with Crippen LogP contribution < -0.4 is 5.32 Å². The first-order chi connectivity index (χ1) is 14.9. The van der Waals surface area contributed by atoms with Gasteiger partial charge in [0.1, 0.15) is 17.5 Å². The lowest BCUT2D eigenvalue weighted by Crippen LogP contribution is -2.58. The normalized spacial score (nSPS) is 22.1. The number of halogens is 3. The quantitative estimate of drug-likeness (QED) is 0.548. The highest BCUT2D eigenvalue weighted by Crippen LogP contribution is 2.48. The number of carbonyl (C=O) groups excluding carboxylic acids is 1. The molecule has 3 N–H and O–H groups in total. The van der Waals surface area contributed by atoms with Crippen molar-refractivity contribution in [1.82, 2.24) is 10.3 Å². The van der Waals surface area contributed by atoms with Crippen LogP contribution in [0.4, 0.5) is 13.2 Å². The lowest BCUT2D eigenvalue weighted by Gasteiger charge is -2.44. The Hall–Kier alpha value is -2.80. The van der Waals surface area contributed by atoms with E-state index in [9.17, 15) is 23.1 Å². The van der Waals surface area contributed by atoms with Crippen LogP contribution in [-0.4, -0.2) is 28.1 Å². The fourth-order valence-corrected chi connectivity index (χ4v) is 4.87. The van der Waals surface area contributed by atoms with Crippen molar-refractivity contribution >= 4 is 16.8 Å². The molecule has 0 atom stereocenters. The van der Waals surface area contributed by atoms with Crippen LogP contribution in [0.3, 0.4) is 0 Å². The number of hydrogen-bond acceptors (Lipinski definition) is 2. The van der Waals surface area contributed by atoms with E-state index in [1.54, 1.807) is 12.1 Å². The van der Waals surface area contributed by atoms with E-state index in [0.717, 1.165) is 30.9 Å². The topological polar surface area (TPSA) is 65.1 Å². The van der Waals surface area contributed by atoms with E-state index in [-0.39, 0.29) is 35.7 Å². The number of aromatic amines is 1. The van der Waals surface area contributed by atoms with Crippen molar-refractivity contribution in [3.8, 4) is 11.3 Å². The molecular formula is C24H23F3N2O2. The number of benzene rings is 2. The summed E-state index contributed by atoms with van der Waals surface area (Å²) in [6.07, 6.45) is 3.64. The summed E-state index contributed by atoms with van der Waals surface area (Å²) in [6.45, 7) is -0.0649. The second-order valence-electron chi connectivity index (χ2n) is 8.88. The third-order valence-corrected chi connectivity index (χ3v) is 6.92. The zero-order valence-corrected chi connectivity index (χ0v) is 16.9. The molecule has 0 aliphatic heterocycles. The molecule has 1 heterocycles. The van der Waals surface area contributed by atoms with Gasteiger partial charge in [-0.05, 0) is 79.5 Å². The van der Waals surface area contributed by atoms with Crippen LogP contribution in [0, 0.1) is 23.4 Å². The van der Waals surface area contributed by atoms with E-state index >= 15 is 0 Å². The van der Waals surface area contributed by atoms with E-state index in [1.807, 2.05) is 0 Å². The number of nitrogens with one attached hydrogen (secondary N) is 2. The minimum Gasteiger partial charge on any atom is -0.394 e. The van der Waals surface area contributed by atoms with Crippen LogP contribution in [0.15, 0.2) is 36.4 Å². The maximum Gasteiger partial charge on any atom is 0.223 e. The van der Waals surface area contributed by atoms with Crippen LogP contribution in [0.1, 0.15) is 43.6 Å². The van der Waals surface area contributed by atoms with Crippen molar-refractivity contribution in [1.29, 1.82) is 0 Å². The second-order valence-corrected chi connectivity index (χ2v) is 8.88. The second kappa shape index (κ2) is 7.41. The van der Waals surface area contributed by atoms with Gasteiger partial charge in [-0.25, -0.2) is 13.2 Å². The molecule has 1 aromatic heterocycles.